The van der Waals surface area contributed by atoms with Crippen molar-refractivity contribution in [3.05, 3.63) is 64.4 Å². The van der Waals surface area contributed by atoms with E-state index in [1.165, 1.54) is 25.3 Å². The largest absolute Gasteiger partial charge is 0.496 e. The van der Waals surface area contributed by atoms with Gasteiger partial charge in [0.25, 0.3) is 5.91 Å². The molecule has 0 bridgehead atoms. The number of halogens is 2. The molecule has 0 aliphatic heterocycles. The Labute approximate surface area is 132 Å². The second kappa shape index (κ2) is 7.24. The van der Waals surface area contributed by atoms with Crippen LogP contribution in [-0.4, -0.2) is 24.7 Å². The Kier molecular flexibility index (Phi) is 5.35. The second-order valence-corrected chi connectivity index (χ2v) is 4.97. The first kappa shape index (κ1) is 16.3. The number of carbonyl (C=O) groups is 1. The molecule has 0 fully saturated rings. The molecule has 0 saturated carbocycles. The lowest BCUT2D eigenvalue weighted by molar-refractivity contribution is 0.0911. The molecule has 0 aromatic heterocycles. The summed E-state index contributed by atoms with van der Waals surface area (Å²) in [4.78, 5) is 12.2. The molecule has 2 aromatic rings. The monoisotopic (exact) mass is 323 g/mol. The molecule has 116 valence electrons. The van der Waals surface area contributed by atoms with E-state index in [0.717, 1.165) is 0 Å². The van der Waals surface area contributed by atoms with E-state index < -0.39 is 17.8 Å². The highest BCUT2D eigenvalue weighted by Gasteiger charge is 2.18. The molecule has 0 unspecified atom stereocenters. The summed E-state index contributed by atoms with van der Waals surface area (Å²) in [5.41, 5.74) is 0.293. The number of aliphatic hydroxyl groups excluding tert-OH is 1. The summed E-state index contributed by atoms with van der Waals surface area (Å²) in [5, 5.41) is 12.7. The van der Waals surface area contributed by atoms with E-state index in [9.17, 15) is 14.3 Å². The number of hydrogen-bond acceptors (Lipinski definition) is 3. The number of ether oxygens (including phenoxy) is 1. The molecule has 4 nitrogen and oxygen atoms in total. The number of carbonyl (C=O) groups excluding carboxylic acids is 1. The summed E-state index contributed by atoms with van der Waals surface area (Å²) in [6.07, 6.45) is -1.15. The third kappa shape index (κ3) is 3.55. The van der Waals surface area contributed by atoms with Gasteiger partial charge in [-0.25, -0.2) is 4.39 Å². The number of nitrogens with one attached hydrogen (secondary N) is 1. The van der Waals surface area contributed by atoms with Crippen molar-refractivity contribution in [1.82, 2.24) is 5.32 Å². The van der Waals surface area contributed by atoms with Gasteiger partial charge in [0.15, 0.2) is 0 Å². The second-order valence-electron chi connectivity index (χ2n) is 4.56. The third-order valence-corrected chi connectivity index (χ3v) is 3.46. The standard InChI is InChI=1S/C16H15ClFNO3/c1-22-14-8-4-6-11(17)15(14)16(21)19-9-13(20)10-5-2-3-7-12(10)18/h2-8,13,20H,9H2,1H3,(H,19,21)/t13-/m0/s1. The maximum atomic E-state index is 13.6. The highest BCUT2D eigenvalue weighted by atomic mass is 35.5. The molecule has 0 aliphatic carbocycles. The third-order valence-electron chi connectivity index (χ3n) is 3.14. The molecule has 0 spiro atoms. The van der Waals surface area contributed by atoms with Crippen LogP contribution in [0, 0.1) is 5.82 Å². The maximum Gasteiger partial charge on any atom is 0.256 e. The van der Waals surface area contributed by atoms with Crippen LogP contribution in [0.25, 0.3) is 0 Å². The van der Waals surface area contributed by atoms with E-state index >= 15 is 0 Å². The van der Waals surface area contributed by atoms with Crippen molar-refractivity contribution >= 4 is 17.5 Å². The Morgan fingerprint density at radius 1 is 1.32 bits per heavy atom. The molecule has 0 saturated heterocycles. The van der Waals surface area contributed by atoms with Gasteiger partial charge in [-0.3, -0.25) is 4.79 Å². The Bertz CT molecular complexity index is 678. The SMILES string of the molecule is COc1cccc(Cl)c1C(=O)NC[C@H](O)c1ccccc1F. The van der Waals surface area contributed by atoms with Gasteiger partial charge in [-0.1, -0.05) is 35.9 Å². The van der Waals surface area contributed by atoms with Gasteiger partial charge >= 0.3 is 0 Å². The zero-order chi connectivity index (χ0) is 16.1. The van der Waals surface area contributed by atoms with E-state index in [0.29, 0.717) is 5.75 Å². The van der Waals surface area contributed by atoms with Gasteiger partial charge in [-0.05, 0) is 18.2 Å². The summed E-state index contributed by atoms with van der Waals surface area (Å²) in [7, 11) is 1.43. The Balaban J connectivity index is 2.09. The van der Waals surface area contributed by atoms with Crippen molar-refractivity contribution in [2.75, 3.05) is 13.7 Å². The lowest BCUT2D eigenvalue weighted by Gasteiger charge is -2.14. The predicted molar refractivity (Wildman–Crippen MR) is 81.7 cm³/mol. The minimum absolute atomic E-state index is 0.119. The maximum absolute atomic E-state index is 13.6. The molecule has 1 amide bonds. The van der Waals surface area contributed by atoms with Crippen molar-refractivity contribution in [1.29, 1.82) is 0 Å². The highest BCUT2D eigenvalue weighted by molar-refractivity contribution is 6.34. The first-order chi connectivity index (χ1) is 10.5. The van der Waals surface area contributed by atoms with Crippen molar-refractivity contribution in [2.45, 2.75) is 6.10 Å². The summed E-state index contributed by atoms with van der Waals surface area (Å²) < 4.78 is 18.6. The van der Waals surface area contributed by atoms with Crippen LogP contribution in [0.5, 0.6) is 5.75 Å². The van der Waals surface area contributed by atoms with Gasteiger partial charge < -0.3 is 15.2 Å². The molecule has 0 heterocycles. The summed E-state index contributed by atoms with van der Waals surface area (Å²) >= 11 is 6.00. The van der Waals surface area contributed by atoms with Gasteiger partial charge in [0.1, 0.15) is 11.6 Å². The fourth-order valence-electron chi connectivity index (χ4n) is 2.03. The van der Waals surface area contributed by atoms with Crippen molar-refractivity contribution < 1.29 is 19.0 Å². The quantitative estimate of drug-likeness (QED) is 0.889. The predicted octanol–water partition coefficient (Wildman–Crippen LogP) is 2.95. The van der Waals surface area contributed by atoms with Gasteiger partial charge in [0.2, 0.25) is 0 Å². The number of amides is 1. The van der Waals surface area contributed by atoms with Gasteiger partial charge in [0, 0.05) is 12.1 Å². The Morgan fingerprint density at radius 2 is 2.05 bits per heavy atom. The van der Waals surface area contributed by atoms with Gasteiger partial charge in [0.05, 0.1) is 23.8 Å². The Morgan fingerprint density at radius 3 is 2.73 bits per heavy atom. The van der Waals surface area contributed by atoms with E-state index in [1.54, 1.807) is 24.3 Å². The lowest BCUT2D eigenvalue weighted by Crippen LogP contribution is -2.29. The number of hydrogen-bond donors (Lipinski definition) is 2. The lowest BCUT2D eigenvalue weighted by atomic mass is 10.1. The number of methoxy groups -OCH3 is 1. The number of rotatable bonds is 5. The molecule has 1 atom stereocenters. The van der Waals surface area contributed by atoms with E-state index in [-0.39, 0.29) is 22.7 Å². The molecular formula is C16H15ClFNO3. The normalized spacial score (nSPS) is 11.8. The summed E-state index contributed by atoms with van der Waals surface area (Å²) in [5.74, 6) is -0.706. The van der Waals surface area contributed by atoms with Crippen LogP contribution < -0.4 is 10.1 Å². The van der Waals surface area contributed by atoms with E-state index in [4.69, 9.17) is 16.3 Å². The van der Waals surface area contributed by atoms with Crippen LogP contribution in [0.2, 0.25) is 5.02 Å². The minimum atomic E-state index is -1.15. The highest BCUT2D eigenvalue weighted by Crippen LogP contribution is 2.26. The first-order valence-corrected chi connectivity index (χ1v) is 6.95. The van der Waals surface area contributed by atoms with E-state index in [2.05, 4.69) is 5.32 Å². The molecule has 0 radical (unpaired) electrons. The first-order valence-electron chi connectivity index (χ1n) is 6.57. The zero-order valence-corrected chi connectivity index (χ0v) is 12.6. The number of benzene rings is 2. The van der Waals surface area contributed by atoms with Crippen LogP contribution in [0.4, 0.5) is 4.39 Å². The molecule has 2 rings (SSSR count). The van der Waals surface area contributed by atoms with Crippen LogP contribution in [0.15, 0.2) is 42.5 Å². The Hall–Kier alpha value is -2.11. The summed E-state index contributed by atoms with van der Waals surface area (Å²) in [6.45, 7) is -0.145. The molecule has 0 aliphatic rings. The average molecular weight is 324 g/mol. The number of aliphatic hydroxyl groups is 1. The van der Waals surface area contributed by atoms with Crippen molar-refractivity contribution in [3.8, 4) is 5.75 Å². The van der Waals surface area contributed by atoms with Crippen LogP contribution in [0.1, 0.15) is 22.0 Å². The molecular weight excluding hydrogens is 309 g/mol. The molecule has 2 N–H and O–H groups in total. The van der Waals surface area contributed by atoms with Crippen molar-refractivity contribution in [3.63, 3.8) is 0 Å². The molecule has 6 heteroatoms. The minimum Gasteiger partial charge on any atom is -0.496 e. The zero-order valence-electron chi connectivity index (χ0n) is 11.8. The molecule has 2 aromatic carbocycles. The topological polar surface area (TPSA) is 58.6 Å². The molecule has 22 heavy (non-hydrogen) atoms. The van der Waals surface area contributed by atoms with Gasteiger partial charge in [-0.15, -0.1) is 0 Å². The van der Waals surface area contributed by atoms with E-state index in [1.807, 2.05) is 0 Å². The fraction of sp³-hybridized carbons (Fsp3) is 0.188. The van der Waals surface area contributed by atoms with Crippen molar-refractivity contribution in [2.24, 2.45) is 0 Å². The fourth-order valence-corrected chi connectivity index (χ4v) is 2.28. The average Bonchev–Trinajstić information content (AvgIpc) is 2.52. The van der Waals surface area contributed by atoms with Crippen LogP contribution >= 0.6 is 11.6 Å². The van der Waals surface area contributed by atoms with Crippen LogP contribution in [-0.2, 0) is 0 Å². The smallest absolute Gasteiger partial charge is 0.256 e. The summed E-state index contributed by atoms with van der Waals surface area (Å²) in [6, 6.07) is 10.7. The van der Waals surface area contributed by atoms with Crippen LogP contribution in [0.3, 0.4) is 0 Å². The van der Waals surface area contributed by atoms with Gasteiger partial charge in [-0.2, -0.15) is 0 Å².